The van der Waals surface area contributed by atoms with E-state index in [0.29, 0.717) is 18.1 Å². The summed E-state index contributed by atoms with van der Waals surface area (Å²) in [7, 11) is 0. The molecule has 4 heteroatoms. The van der Waals surface area contributed by atoms with Crippen molar-refractivity contribution >= 4 is 0 Å². The summed E-state index contributed by atoms with van der Waals surface area (Å²) in [6.45, 7) is 12.2. The van der Waals surface area contributed by atoms with Crippen molar-refractivity contribution in [1.29, 1.82) is 0 Å². The maximum atomic E-state index is 3.42. The highest BCUT2D eigenvalue weighted by Crippen LogP contribution is 1.90. The molecule has 4 N–H and O–H groups in total. The van der Waals surface area contributed by atoms with Crippen LogP contribution in [0.15, 0.2) is 0 Å². The van der Waals surface area contributed by atoms with Gasteiger partial charge in [0.15, 0.2) is 0 Å². The van der Waals surface area contributed by atoms with E-state index in [1.165, 1.54) is 0 Å². The number of nitrogens with one attached hydrogen (secondary N) is 4. The Labute approximate surface area is 93.6 Å². The molecule has 0 aromatic rings. The second-order valence-corrected chi connectivity index (χ2v) is 4.69. The normalized spacial score (nSPS) is 36.6. The summed E-state index contributed by atoms with van der Waals surface area (Å²) in [6, 6.07) is 1.98. The predicted molar refractivity (Wildman–Crippen MR) is 65.3 cm³/mol. The second-order valence-electron chi connectivity index (χ2n) is 4.69. The number of hydrogen-bond donors (Lipinski definition) is 4. The van der Waals surface area contributed by atoms with Crippen LogP contribution in [0.3, 0.4) is 0 Å². The van der Waals surface area contributed by atoms with E-state index in [1.54, 1.807) is 0 Å². The molecule has 2 aliphatic rings. The van der Waals surface area contributed by atoms with Gasteiger partial charge in [-0.3, -0.25) is 0 Å². The van der Waals surface area contributed by atoms with Gasteiger partial charge in [0.1, 0.15) is 0 Å². The van der Waals surface area contributed by atoms with Gasteiger partial charge in [0.05, 0.1) is 0 Å². The van der Waals surface area contributed by atoms with E-state index in [1.807, 2.05) is 0 Å². The van der Waals surface area contributed by atoms with E-state index < -0.39 is 0 Å². The van der Waals surface area contributed by atoms with Crippen LogP contribution in [-0.4, -0.2) is 50.8 Å². The predicted octanol–water partition coefficient (Wildman–Crippen LogP) is -0.476. The summed E-state index contributed by atoms with van der Waals surface area (Å²) >= 11 is 0. The van der Waals surface area contributed by atoms with Crippen molar-refractivity contribution in [1.82, 2.24) is 21.3 Å². The van der Waals surface area contributed by atoms with E-state index >= 15 is 0 Å². The lowest BCUT2D eigenvalue weighted by Crippen LogP contribution is -2.52. The number of rotatable bonds is 0. The molecule has 0 aromatic carbocycles. The highest BCUT2D eigenvalue weighted by Gasteiger charge is 2.11. The molecule has 90 valence electrons. The first-order chi connectivity index (χ1) is 7.18. The highest BCUT2D eigenvalue weighted by molar-refractivity contribution is 4.76. The zero-order valence-electron chi connectivity index (χ0n) is 10.3. The summed E-state index contributed by atoms with van der Waals surface area (Å²) in [5.41, 5.74) is 0. The van der Waals surface area contributed by atoms with Crippen molar-refractivity contribution in [3.05, 3.63) is 0 Å². The standard InChI is InChI=1S/C6H14N2.C5H12N2/c1-5-3-7-4-6(2)8-5;1-5-4-6-2-3-7-5/h5-8H,3-4H2,1-2H3;5-7H,2-4H2,1H3. The maximum absolute atomic E-state index is 3.42. The van der Waals surface area contributed by atoms with Crippen LogP contribution >= 0.6 is 0 Å². The third-order valence-electron chi connectivity index (χ3n) is 2.72. The smallest absolute Gasteiger partial charge is 0.0167 e. The summed E-state index contributed by atoms with van der Waals surface area (Å²) in [6.07, 6.45) is 0. The minimum absolute atomic E-state index is 0.652. The number of hydrogen-bond acceptors (Lipinski definition) is 4. The van der Waals surface area contributed by atoms with Gasteiger partial charge in [-0.2, -0.15) is 0 Å². The summed E-state index contributed by atoms with van der Waals surface area (Å²) in [5, 5.41) is 13.3. The van der Waals surface area contributed by atoms with Crippen molar-refractivity contribution in [2.45, 2.75) is 38.9 Å². The van der Waals surface area contributed by atoms with Gasteiger partial charge >= 0.3 is 0 Å². The zero-order valence-corrected chi connectivity index (χ0v) is 10.3. The van der Waals surface area contributed by atoms with Crippen LogP contribution < -0.4 is 21.3 Å². The van der Waals surface area contributed by atoms with Crippen LogP contribution in [-0.2, 0) is 0 Å². The molecule has 2 saturated heterocycles. The Kier molecular flexibility index (Phi) is 6.17. The van der Waals surface area contributed by atoms with Gasteiger partial charge in [0.25, 0.3) is 0 Å². The first kappa shape index (κ1) is 12.9. The van der Waals surface area contributed by atoms with Gasteiger partial charge in [-0.05, 0) is 20.8 Å². The highest BCUT2D eigenvalue weighted by atomic mass is 15.1. The molecule has 3 atom stereocenters. The average molecular weight is 214 g/mol. The Morgan fingerprint density at radius 1 is 0.733 bits per heavy atom. The molecule has 0 aliphatic carbocycles. The van der Waals surface area contributed by atoms with E-state index in [9.17, 15) is 0 Å². The Morgan fingerprint density at radius 2 is 1.33 bits per heavy atom. The van der Waals surface area contributed by atoms with Crippen LogP contribution in [0, 0.1) is 0 Å². The van der Waals surface area contributed by atoms with Crippen LogP contribution in [0.1, 0.15) is 20.8 Å². The third kappa shape index (κ3) is 6.10. The zero-order chi connectivity index (χ0) is 11.1. The lowest BCUT2D eigenvalue weighted by atomic mass is 10.2. The van der Waals surface area contributed by atoms with Crippen LogP contribution in [0.5, 0.6) is 0 Å². The largest absolute Gasteiger partial charge is 0.314 e. The minimum Gasteiger partial charge on any atom is -0.314 e. The molecule has 2 aliphatic heterocycles. The van der Waals surface area contributed by atoms with Gasteiger partial charge in [-0.25, -0.2) is 0 Å². The molecule has 0 bridgehead atoms. The second kappa shape index (κ2) is 7.17. The van der Waals surface area contributed by atoms with Crippen LogP contribution in [0.4, 0.5) is 0 Å². The molecule has 2 heterocycles. The molecule has 15 heavy (non-hydrogen) atoms. The first-order valence-corrected chi connectivity index (χ1v) is 6.09. The first-order valence-electron chi connectivity index (χ1n) is 6.09. The monoisotopic (exact) mass is 214 g/mol. The third-order valence-corrected chi connectivity index (χ3v) is 2.72. The van der Waals surface area contributed by atoms with Gasteiger partial charge in [-0.1, -0.05) is 0 Å². The van der Waals surface area contributed by atoms with Crippen molar-refractivity contribution in [2.75, 3.05) is 32.7 Å². The fourth-order valence-electron chi connectivity index (χ4n) is 1.92. The molecule has 4 nitrogen and oxygen atoms in total. The average Bonchev–Trinajstić information content (AvgIpc) is 2.19. The molecule has 0 aromatic heterocycles. The van der Waals surface area contributed by atoms with Crippen molar-refractivity contribution < 1.29 is 0 Å². The van der Waals surface area contributed by atoms with E-state index in [2.05, 4.69) is 42.0 Å². The molecular formula is C11H26N4. The lowest BCUT2D eigenvalue weighted by Gasteiger charge is -2.26. The molecule has 0 radical (unpaired) electrons. The van der Waals surface area contributed by atoms with Gasteiger partial charge in [0, 0.05) is 50.8 Å². The summed E-state index contributed by atoms with van der Waals surface area (Å²) in [5.74, 6) is 0. The molecule has 0 amide bonds. The Balaban J connectivity index is 0.000000151. The minimum atomic E-state index is 0.652. The quantitative estimate of drug-likeness (QED) is 0.440. The van der Waals surface area contributed by atoms with E-state index in [4.69, 9.17) is 0 Å². The van der Waals surface area contributed by atoms with Crippen molar-refractivity contribution in [3.63, 3.8) is 0 Å². The molecule has 0 saturated carbocycles. The van der Waals surface area contributed by atoms with Crippen LogP contribution in [0.25, 0.3) is 0 Å². The Hall–Kier alpha value is -0.160. The van der Waals surface area contributed by atoms with Crippen molar-refractivity contribution in [2.24, 2.45) is 0 Å². The van der Waals surface area contributed by atoms with Gasteiger partial charge < -0.3 is 21.3 Å². The summed E-state index contributed by atoms with van der Waals surface area (Å²) in [4.78, 5) is 0. The maximum Gasteiger partial charge on any atom is 0.0167 e. The molecule has 3 unspecified atom stereocenters. The summed E-state index contributed by atoms with van der Waals surface area (Å²) < 4.78 is 0. The van der Waals surface area contributed by atoms with Crippen molar-refractivity contribution in [3.8, 4) is 0 Å². The topological polar surface area (TPSA) is 48.1 Å². The van der Waals surface area contributed by atoms with Crippen LogP contribution in [0.2, 0.25) is 0 Å². The SMILES string of the molecule is CC1CNCC(C)N1.CC1CNCCN1. The molecule has 2 rings (SSSR count). The molecule has 2 fully saturated rings. The lowest BCUT2D eigenvalue weighted by molar-refractivity contribution is 0.370. The fraction of sp³-hybridized carbons (Fsp3) is 1.00. The fourth-order valence-corrected chi connectivity index (χ4v) is 1.92. The Morgan fingerprint density at radius 3 is 1.60 bits per heavy atom. The molecular weight excluding hydrogens is 188 g/mol. The Bertz CT molecular complexity index is 149. The van der Waals surface area contributed by atoms with E-state index in [0.717, 1.165) is 32.7 Å². The van der Waals surface area contributed by atoms with E-state index in [-0.39, 0.29) is 0 Å². The van der Waals surface area contributed by atoms with Gasteiger partial charge in [0.2, 0.25) is 0 Å². The number of piperazine rings is 2. The molecule has 0 spiro atoms. The van der Waals surface area contributed by atoms with Gasteiger partial charge in [-0.15, -0.1) is 0 Å².